The molecular weight excluding hydrogens is 231 g/mol. The predicted molar refractivity (Wildman–Crippen MR) is 59.5 cm³/mol. The minimum atomic E-state index is -4.66. The van der Waals surface area contributed by atoms with Gasteiger partial charge in [0, 0.05) is 6.04 Å². The van der Waals surface area contributed by atoms with Crippen LogP contribution in [0.4, 0.5) is 13.2 Å². The number of rotatable bonds is 2. The van der Waals surface area contributed by atoms with Crippen molar-refractivity contribution >= 4 is 0 Å². The van der Waals surface area contributed by atoms with E-state index in [9.17, 15) is 13.2 Å². The number of hydrogen-bond acceptors (Lipinski definition) is 2. The summed E-state index contributed by atoms with van der Waals surface area (Å²) in [6, 6.07) is 5.42. The smallest absolute Gasteiger partial charge is 0.406 e. The summed E-state index contributed by atoms with van der Waals surface area (Å²) in [4.78, 5) is 0. The average Bonchev–Trinajstić information content (AvgIpc) is 2.14. The number of nitrogens with two attached hydrogens (primary N) is 1. The monoisotopic (exact) mass is 247 g/mol. The van der Waals surface area contributed by atoms with Crippen LogP contribution in [0.25, 0.3) is 0 Å². The first kappa shape index (κ1) is 13.8. The normalized spacial score (nSPS) is 14.5. The third kappa shape index (κ3) is 4.26. The van der Waals surface area contributed by atoms with E-state index in [0.29, 0.717) is 0 Å². The Labute approximate surface area is 98.6 Å². The van der Waals surface area contributed by atoms with Gasteiger partial charge < -0.3 is 10.5 Å². The van der Waals surface area contributed by atoms with E-state index < -0.39 is 6.36 Å². The lowest BCUT2D eigenvalue weighted by Crippen LogP contribution is -2.26. The number of hydrogen-bond donors (Lipinski definition) is 1. The molecule has 0 saturated heterocycles. The minimum Gasteiger partial charge on any atom is -0.406 e. The third-order valence-corrected chi connectivity index (χ3v) is 2.41. The van der Waals surface area contributed by atoms with E-state index in [1.165, 1.54) is 12.1 Å². The fraction of sp³-hybridized carbons (Fsp3) is 0.500. The van der Waals surface area contributed by atoms with E-state index in [1.54, 1.807) is 12.1 Å². The van der Waals surface area contributed by atoms with Crippen molar-refractivity contribution < 1.29 is 17.9 Å². The van der Waals surface area contributed by atoms with Gasteiger partial charge in [-0.05, 0) is 23.1 Å². The van der Waals surface area contributed by atoms with Gasteiger partial charge in [0.25, 0.3) is 0 Å². The van der Waals surface area contributed by atoms with Crippen LogP contribution in [0.15, 0.2) is 24.3 Å². The standard InChI is InChI=1S/C12H16F3NO/c1-11(2,3)10(16)8-4-6-9(7-5-8)17-12(13,14)15/h4-7,10H,16H2,1-3H3/t10-/m0/s1. The van der Waals surface area contributed by atoms with Crippen LogP contribution < -0.4 is 10.5 Å². The van der Waals surface area contributed by atoms with Gasteiger partial charge in [0.1, 0.15) is 5.75 Å². The summed E-state index contributed by atoms with van der Waals surface area (Å²) < 4.78 is 39.6. The van der Waals surface area contributed by atoms with Gasteiger partial charge >= 0.3 is 6.36 Å². The third-order valence-electron chi connectivity index (χ3n) is 2.41. The number of ether oxygens (including phenoxy) is 1. The fourth-order valence-corrected chi connectivity index (χ4v) is 1.38. The maximum absolute atomic E-state index is 11.9. The maximum Gasteiger partial charge on any atom is 0.573 e. The molecule has 96 valence electrons. The molecule has 0 spiro atoms. The molecule has 0 fully saturated rings. The molecule has 2 nitrogen and oxygen atoms in total. The molecule has 1 aromatic rings. The van der Waals surface area contributed by atoms with Crippen molar-refractivity contribution in [1.82, 2.24) is 0 Å². The fourth-order valence-electron chi connectivity index (χ4n) is 1.38. The van der Waals surface area contributed by atoms with Gasteiger partial charge in [-0.2, -0.15) is 0 Å². The Morgan fingerprint density at radius 1 is 1.06 bits per heavy atom. The van der Waals surface area contributed by atoms with Crippen LogP contribution in [0.3, 0.4) is 0 Å². The summed E-state index contributed by atoms with van der Waals surface area (Å²) in [7, 11) is 0. The highest BCUT2D eigenvalue weighted by atomic mass is 19.4. The van der Waals surface area contributed by atoms with Gasteiger partial charge in [-0.3, -0.25) is 0 Å². The SMILES string of the molecule is CC(C)(C)[C@@H](N)c1ccc(OC(F)(F)F)cc1. The molecule has 1 aromatic carbocycles. The van der Waals surface area contributed by atoms with Gasteiger partial charge in [-0.15, -0.1) is 13.2 Å². The lowest BCUT2D eigenvalue weighted by Gasteiger charge is -2.27. The Morgan fingerprint density at radius 2 is 1.53 bits per heavy atom. The highest BCUT2D eigenvalue weighted by molar-refractivity contribution is 5.29. The van der Waals surface area contributed by atoms with Crippen molar-refractivity contribution in [2.75, 3.05) is 0 Å². The second-order valence-corrected chi connectivity index (χ2v) is 4.96. The molecule has 0 bridgehead atoms. The molecule has 0 heterocycles. The summed E-state index contributed by atoms with van der Waals surface area (Å²) in [6.45, 7) is 5.91. The van der Waals surface area contributed by atoms with Gasteiger partial charge in [-0.25, -0.2) is 0 Å². The summed E-state index contributed by atoms with van der Waals surface area (Å²) in [5.74, 6) is -0.234. The highest BCUT2D eigenvalue weighted by Crippen LogP contribution is 2.31. The molecule has 0 aliphatic heterocycles. The van der Waals surface area contributed by atoms with Crippen LogP contribution in [0, 0.1) is 5.41 Å². The van der Waals surface area contributed by atoms with Crippen molar-refractivity contribution in [2.24, 2.45) is 11.1 Å². The van der Waals surface area contributed by atoms with Crippen LogP contribution in [0.1, 0.15) is 32.4 Å². The van der Waals surface area contributed by atoms with E-state index in [2.05, 4.69) is 4.74 Å². The summed E-state index contributed by atoms with van der Waals surface area (Å²) in [6.07, 6.45) is -4.66. The summed E-state index contributed by atoms with van der Waals surface area (Å²) >= 11 is 0. The molecule has 2 N–H and O–H groups in total. The lowest BCUT2D eigenvalue weighted by atomic mass is 9.83. The molecule has 0 saturated carbocycles. The van der Waals surface area contributed by atoms with E-state index in [1.807, 2.05) is 20.8 Å². The number of benzene rings is 1. The van der Waals surface area contributed by atoms with Crippen LogP contribution in [0.5, 0.6) is 5.75 Å². The lowest BCUT2D eigenvalue weighted by molar-refractivity contribution is -0.274. The zero-order chi connectivity index (χ0) is 13.3. The molecule has 0 radical (unpaired) electrons. The zero-order valence-corrected chi connectivity index (χ0v) is 10.0. The maximum atomic E-state index is 11.9. The molecule has 17 heavy (non-hydrogen) atoms. The first-order chi connectivity index (χ1) is 7.59. The quantitative estimate of drug-likeness (QED) is 0.866. The molecule has 0 aromatic heterocycles. The van der Waals surface area contributed by atoms with E-state index >= 15 is 0 Å². The van der Waals surface area contributed by atoms with Crippen LogP contribution in [-0.4, -0.2) is 6.36 Å². The van der Waals surface area contributed by atoms with Gasteiger partial charge in [0.05, 0.1) is 0 Å². The van der Waals surface area contributed by atoms with Crippen LogP contribution in [-0.2, 0) is 0 Å². The second-order valence-electron chi connectivity index (χ2n) is 4.96. The van der Waals surface area contributed by atoms with E-state index in [-0.39, 0.29) is 17.2 Å². The predicted octanol–water partition coefficient (Wildman–Crippen LogP) is 3.63. The number of alkyl halides is 3. The van der Waals surface area contributed by atoms with Gasteiger partial charge in [-0.1, -0.05) is 32.9 Å². The summed E-state index contributed by atoms with van der Waals surface area (Å²) in [5.41, 5.74) is 6.62. The van der Waals surface area contributed by atoms with Crippen molar-refractivity contribution in [2.45, 2.75) is 33.2 Å². The second kappa shape index (κ2) is 4.56. The minimum absolute atomic E-state index is 0.146. The Morgan fingerprint density at radius 3 is 1.88 bits per heavy atom. The van der Waals surface area contributed by atoms with E-state index in [4.69, 9.17) is 5.73 Å². The first-order valence-electron chi connectivity index (χ1n) is 5.21. The average molecular weight is 247 g/mol. The van der Waals surface area contributed by atoms with Crippen molar-refractivity contribution in [1.29, 1.82) is 0 Å². The van der Waals surface area contributed by atoms with Gasteiger partial charge in [0.2, 0.25) is 0 Å². The summed E-state index contributed by atoms with van der Waals surface area (Å²) in [5, 5.41) is 0. The molecule has 1 atom stereocenters. The van der Waals surface area contributed by atoms with E-state index in [0.717, 1.165) is 5.56 Å². The molecule has 0 aliphatic carbocycles. The highest BCUT2D eigenvalue weighted by Gasteiger charge is 2.31. The van der Waals surface area contributed by atoms with Crippen LogP contribution >= 0.6 is 0 Å². The van der Waals surface area contributed by atoms with Crippen molar-refractivity contribution in [3.05, 3.63) is 29.8 Å². The Balaban J connectivity index is 2.82. The molecular formula is C12H16F3NO. The molecule has 0 unspecified atom stereocenters. The largest absolute Gasteiger partial charge is 0.573 e. The van der Waals surface area contributed by atoms with Crippen molar-refractivity contribution in [3.63, 3.8) is 0 Å². The van der Waals surface area contributed by atoms with Crippen molar-refractivity contribution in [3.8, 4) is 5.75 Å². The Kier molecular flexibility index (Phi) is 3.71. The van der Waals surface area contributed by atoms with Gasteiger partial charge in [0.15, 0.2) is 0 Å². The van der Waals surface area contributed by atoms with Crippen LogP contribution in [0.2, 0.25) is 0 Å². The molecule has 0 aliphatic rings. The Bertz CT molecular complexity index is 365. The molecule has 1 rings (SSSR count). The zero-order valence-electron chi connectivity index (χ0n) is 10.0. The topological polar surface area (TPSA) is 35.2 Å². The molecule has 5 heteroatoms. The number of halogens is 3. The Hall–Kier alpha value is -1.23. The molecule has 0 amide bonds. The first-order valence-corrected chi connectivity index (χ1v) is 5.21.